The van der Waals surface area contributed by atoms with E-state index in [1.807, 2.05) is 70.5 Å². The number of ether oxygens (including phenoxy) is 2. The summed E-state index contributed by atoms with van der Waals surface area (Å²) in [6.07, 6.45) is 0.929. The van der Waals surface area contributed by atoms with Gasteiger partial charge in [0.15, 0.2) is 0 Å². The van der Waals surface area contributed by atoms with Crippen LogP contribution in [-0.2, 0) is 22.7 Å². The number of carbonyl (C=O) groups excluding carboxylic acids is 2. The van der Waals surface area contributed by atoms with Crippen LogP contribution in [-0.4, -0.2) is 141 Å². The van der Waals surface area contributed by atoms with Gasteiger partial charge in [-0.2, -0.15) is 0 Å². The number of alkyl halides is 2. The van der Waals surface area contributed by atoms with E-state index < -0.39 is 24.6 Å². The van der Waals surface area contributed by atoms with E-state index in [-0.39, 0.29) is 37.0 Å². The lowest BCUT2D eigenvalue weighted by atomic mass is 10.00. The average Bonchev–Trinajstić information content (AvgIpc) is 3.37. The highest BCUT2D eigenvalue weighted by atomic mass is 32.2. The zero-order chi connectivity index (χ0) is 48.7. The van der Waals surface area contributed by atoms with E-state index in [1.54, 1.807) is 38.7 Å². The molecule has 2 aromatic carbocycles. The summed E-state index contributed by atoms with van der Waals surface area (Å²) < 4.78 is 40.7. The van der Waals surface area contributed by atoms with E-state index in [1.165, 1.54) is 23.5 Å². The zero-order valence-electron chi connectivity index (χ0n) is 38.8. The monoisotopic (exact) mass is 994 g/mol. The van der Waals surface area contributed by atoms with Gasteiger partial charge in [-0.1, -0.05) is 0 Å². The number of fused-ring (bicyclic) bond motifs is 4. The number of pyridine rings is 4. The third-order valence-electron chi connectivity index (χ3n) is 13.0. The highest BCUT2D eigenvalue weighted by Gasteiger charge is 2.32. The number of piperidine rings is 2. The minimum Gasteiger partial charge on any atom is -0.497 e. The normalized spacial score (nSPS) is 21.4. The van der Waals surface area contributed by atoms with E-state index >= 15 is 8.78 Å². The van der Waals surface area contributed by atoms with Crippen LogP contribution in [0.15, 0.2) is 95.0 Å². The Bertz CT molecular complexity index is 2650. The van der Waals surface area contributed by atoms with Crippen molar-refractivity contribution >= 4 is 68.8 Å². The summed E-state index contributed by atoms with van der Waals surface area (Å²) in [4.78, 5) is 46.8. The fourth-order valence-electron chi connectivity index (χ4n) is 9.22. The van der Waals surface area contributed by atoms with Crippen molar-refractivity contribution in [2.45, 2.75) is 72.4 Å². The van der Waals surface area contributed by atoms with E-state index in [0.29, 0.717) is 86.8 Å². The second kappa shape index (κ2) is 22.7. The summed E-state index contributed by atoms with van der Waals surface area (Å²) in [5, 5.41) is 35.7. The molecule has 6 aromatic rings. The standard InChI is InChI=1S/2C25H28FN5O3S/c2*1-34-16-3-4-20-18(10-16)17(6-8-27-20)22(32)13-31-9-7-21(19(26)12-31)28-11-15-2-5-23-25(29-15)30-24(33)14-35-23/h2*2-6,8,10,19,21-22,28,32H,7,9,11-14H2,1H3,(H,29,30,33)/t19-,21+,22+;19-,21+,22-/m01/s1. The fraction of sp³-hybridized carbons (Fsp3) is 0.400. The Morgan fingerprint density at radius 3 is 1.53 bits per heavy atom. The minimum absolute atomic E-state index is 0.0580. The number of methoxy groups -OCH3 is 2. The molecule has 368 valence electrons. The number of aliphatic hydroxyl groups is 2. The van der Waals surface area contributed by atoms with Gasteiger partial charge < -0.3 is 41.0 Å². The van der Waals surface area contributed by atoms with Crippen molar-refractivity contribution in [3.63, 3.8) is 0 Å². The van der Waals surface area contributed by atoms with Gasteiger partial charge in [0.05, 0.1) is 70.1 Å². The van der Waals surface area contributed by atoms with Gasteiger partial charge in [0.25, 0.3) is 0 Å². The molecule has 4 aromatic heterocycles. The molecule has 6 atom stereocenters. The summed E-state index contributed by atoms with van der Waals surface area (Å²) in [7, 11) is 3.21. The number of nitrogens with one attached hydrogen (secondary N) is 4. The maximum Gasteiger partial charge on any atom is 0.235 e. The number of halogens is 2. The molecule has 70 heavy (non-hydrogen) atoms. The van der Waals surface area contributed by atoms with E-state index in [2.05, 4.69) is 41.2 Å². The molecule has 16 nitrogen and oxygen atoms in total. The Kier molecular flexibility index (Phi) is 16.0. The molecule has 2 fully saturated rings. The lowest BCUT2D eigenvalue weighted by Gasteiger charge is -2.36. The summed E-state index contributed by atoms with van der Waals surface area (Å²) in [5.41, 5.74) is 4.60. The number of benzene rings is 2. The van der Waals surface area contributed by atoms with Gasteiger partial charge >= 0.3 is 0 Å². The van der Waals surface area contributed by atoms with Gasteiger partial charge in [-0.25, -0.2) is 18.7 Å². The maximum absolute atomic E-state index is 15.0. The Morgan fingerprint density at radius 2 is 1.11 bits per heavy atom. The molecule has 10 rings (SSSR count). The second-order valence-electron chi connectivity index (χ2n) is 17.7. The Morgan fingerprint density at radius 1 is 0.671 bits per heavy atom. The van der Waals surface area contributed by atoms with E-state index in [9.17, 15) is 19.8 Å². The summed E-state index contributed by atoms with van der Waals surface area (Å²) in [6.45, 7) is 3.35. The van der Waals surface area contributed by atoms with Crippen LogP contribution in [0, 0.1) is 0 Å². The van der Waals surface area contributed by atoms with Gasteiger partial charge in [-0.3, -0.25) is 29.4 Å². The molecule has 0 aliphatic carbocycles. The first-order chi connectivity index (χ1) is 34.0. The van der Waals surface area contributed by atoms with Crippen molar-refractivity contribution in [3.05, 3.63) is 108 Å². The molecule has 0 spiro atoms. The van der Waals surface area contributed by atoms with Crippen LogP contribution in [0.3, 0.4) is 0 Å². The number of hydrogen-bond acceptors (Lipinski definition) is 16. The average molecular weight is 995 g/mol. The molecular weight excluding hydrogens is 939 g/mol. The van der Waals surface area contributed by atoms with E-state index in [4.69, 9.17) is 9.47 Å². The van der Waals surface area contributed by atoms with Crippen LogP contribution in [0.1, 0.15) is 47.6 Å². The highest BCUT2D eigenvalue weighted by Crippen LogP contribution is 2.33. The molecule has 0 bridgehead atoms. The van der Waals surface area contributed by atoms with Gasteiger partial charge in [-0.05, 0) is 110 Å². The number of anilines is 2. The minimum atomic E-state index is -1.07. The number of likely N-dealkylation sites (tertiary alicyclic amines) is 2. The molecule has 4 aliphatic heterocycles. The summed E-state index contributed by atoms with van der Waals surface area (Å²) >= 11 is 2.93. The van der Waals surface area contributed by atoms with Gasteiger partial charge in [0.2, 0.25) is 11.8 Å². The molecule has 0 radical (unpaired) electrons. The third-order valence-corrected chi connectivity index (χ3v) is 15.0. The summed E-state index contributed by atoms with van der Waals surface area (Å²) in [5.74, 6) is 3.23. The van der Waals surface area contributed by atoms with Crippen LogP contribution in [0.25, 0.3) is 21.8 Å². The Hall–Kier alpha value is -5.58. The van der Waals surface area contributed by atoms with Crippen molar-refractivity contribution in [2.75, 3.05) is 75.6 Å². The van der Waals surface area contributed by atoms with Crippen LogP contribution >= 0.6 is 23.5 Å². The molecule has 2 saturated heterocycles. The molecule has 4 aliphatic rings. The number of rotatable bonds is 14. The fourth-order valence-corrected chi connectivity index (χ4v) is 10.7. The number of hydrogen-bond donors (Lipinski definition) is 6. The predicted octanol–water partition coefficient (Wildman–Crippen LogP) is 5.84. The zero-order valence-corrected chi connectivity index (χ0v) is 40.4. The molecule has 0 saturated carbocycles. The van der Waals surface area contributed by atoms with Crippen molar-refractivity contribution < 1.29 is 38.1 Å². The molecule has 6 N–H and O–H groups in total. The predicted molar refractivity (Wildman–Crippen MR) is 267 cm³/mol. The SMILES string of the molecule is COc1ccc2nccc([C@H](O)CN3CC[C@@H](NCc4ccc5c(n4)NC(=O)CS5)[C@@H](F)C3)c2c1.COc1ccc2nccc([C@H](O)CN3CC[C@H](NCc4ccc5c(n4)NC(=O)CS5)[C@H](F)C3)c2c1. The number of carbonyl (C=O) groups is 2. The first-order valence-corrected chi connectivity index (χ1v) is 25.2. The Balaban J connectivity index is 0.000000174. The van der Waals surface area contributed by atoms with Crippen LogP contribution in [0.2, 0.25) is 0 Å². The lowest BCUT2D eigenvalue weighted by Crippen LogP contribution is -2.51. The van der Waals surface area contributed by atoms with Crippen molar-refractivity contribution in [1.82, 2.24) is 40.4 Å². The van der Waals surface area contributed by atoms with Crippen LogP contribution in [0.5, 0.6) is 11.5 Å². The van der Waals surface area contributed by atoms with Gasteiger partial charge in [-0.15, -0.1) is 23.5 Å². The first kappa shape index (κ1) is 49.4. The van der Waals surface area contributed by atoms with Crippen LogP contribution < -0.4 is 30.7 Å². The van der Waals surface area contributed by atoms with Crippen molar-refractivity contribution in [2.24, 2.45) is 0 Å². The second-order valence-corrected chi connectivity index (χ2v) is 19.7. The highest BCUT2D eigenvalue weighted by molar-refractivity contribution is 8.00. The smallest absolute Gasteiger partial charge is 0.235 e. The topological polar surface area (TPSA) is 199 Å². The molecular formula is C50H56F2N10O6S2. The Labute approximate surface area is 412 Å². The molecule has 20 heteroatoms. The van der Waals surface area contributed by atoms with Crippen LogP contribution in [0.4, 0.5) is 20.4 Å². The third kappa shape index (κ3) is 11.9. The van der Waals surface area contributed by atoms with Gasteiger partial charge in [0, 0.05) is 74.5 Å². The quantitative estimate of drug-likeness (QED) is 0.0761. The maximum atomic E-state index is 15.0. The van der Waals surface area contributed by atoms with E-state index in [0.717, 1.165) is 54.1 Å². The number of aromatic nitrogens is 4. The largest absolute Gasteiger partial charge is 0.497 e. The number of thioether (sulfide) groups is 2. The lowest BCUT2D eigenvalue weighted by molar-refractivity contribution is -0.114. The number of β-amino-alcohol motifs (C(OH)–C–C–N with tert-alkyl or cyclic N) is 2. The molecule has 8 heterocycles. The summed E-state index contributed by atoms with van der Waals surface area (Å²) in [6, 6.07) is 21.9. The number of aliphatic hydroxyl groups excluding tert-OH is 2. The van der Waals surface area contributed by atoms with Crippen molar-refractivity contribution in [3.8, 4) is 11.5 Å². The number of amides is 2. The van der Waals surface area contributed by atoms with Crippen molar-refractivity contribution in [1.29, 1.82) is 0 Å². The molecule has 2 amide bonds. The number of nitrogens with zero attached hydrogens (tertiary/aromatic N) is 6. The first-order valence-electron chi connectivity index (χ1n) is 23.3. The molecule has 0 unspecified atom stereocenters. The van der Waals surface area contributed by atoms with Gasteiger partial charge in [0.1, 0.15) is 35.5 Å².